The first-order chi connectivity index (χ1) is 18.6. The van der Waals surface area contributed by atoms with E-state index in [1.54, 1.807) is 0 Å². The van der Waals surface area contributed by atoms with Crippen molar-refractivity contribution in [3.05, 3.63) is 73.7 Å². The minimum Gasteiger partial charge on any atom is -0.345 e. The van der Waals surface area contributed by atoms with Crippen molar-refractivity contribution in [2.75, 3.05) is 6.54 Å². The van der Waals surface area contributed by atoms with Gasteiger partial charge in [0.1, 0.15) is 23.8 Å². The number of carbonyl (C=O) groups excluding carboxylic acids is 2. The molecule has 0 radical (unpaired) electrons. The lowest BCUT2D eigenvalue weighted by molar-refractivity contribution is -0.140. The molecule has 3 rings (SSSR count). The molecular formula is C24H15Cl3F10N2O2. The zero-order chi connectivity index (χ0) is 31.1. The number of alkyl halides is 9. The highest BCUT2D eigenvalue weighted by atomic mass is 35.5. The molecule has 0 aliphatic heterocycles. The number of carbonyl (C=O) groups is 2. The zero-order valence-electron chi connectivity index (χ0n) is 19.9. The molecule has 4 nitrogen and oxygen atoms in total. The fourth-order valence-corrected chi connectivity index (χ4v) is 4.28. The second kappa shape index (κ2) is 11.5. The molecule has 1 saturated carbocycles. The van der Waals surface area contributed by atoms with Crippen LogP contribution in [0.15, 0.2) is 36.4 Å². The number of rotatable bonds is 7. The lowest BCUT2D eigenvalue weighted by Gasteiger charge is -2.20. The van der Waals surface area contributed by atoms with Gasteiger partial charge < -0.3 is 10.6 Å². The molecule has 0 bridgehead atoms. The third-order valence-corrected chi connectivity index (χ3v) is 7.06. The Hall–Kier alpha value is -2.71. The molecule has 1 aliphatic rings. The lowest BCUT2D eigenvalue weighted by atomic mass is 9.95. The van der Waals surface area contributed by atoms with Crippen molar-refractivity contribution in [3.63, 3.8) is 0 Å². The van der Waals surface area contributed by atoms with Gasteiger partial charge in [0.15, 0.2) is 0 Å². The van der Waals surface area contributed by atoms with Crippen molar-refractivity contribution in [3.8, 4) is 0 Å². The first kappa shape index (κ1) is 32.8. The predicted molar refractivity (Wildman–Crippen MR) is 129 cm³/mol. The summed E-state index contributed by atoms with van der Waals surface area (Å²) in [4.78, 5) is 24.7. The van der Waals surface area contributed by atoms with Crippen LogP contribution in [0.5, 0.6) is 0 Å². The molecule has 2 amide bonds. The quantitative estimate of drug-likeness (QED) is 0.232. The molecule has 0 spiro atoms. The molecule has 224 valence electrons. The van der Waals surface area contributed by atoms with Gasteiger partial charge >= 0.3 is 18.5 Å². The molecule has 1 aliphatic carbocycles. The van der Waals surface area contributed by atoms with E-state index in [1.165, 1.54) is 5.32 Å². The van der Waals surface area contributed by atoms with Gasteiger partial charge in [0.25, 0.3) is 5.91 Å². The minimum atomic E-state index is -5.33. The molecular weight excluding hydrogens is 645 g/mol. The third kappa shape index (κ3) is 7.98. The smallest absolute Gasteiger partial charge is 0.345 e. The predicted octanol–water partition coefficient (Wildman–Crippen LogP) is 8.26. The number of nitrogens with one attached hydrogen (secondary N) is 2. The van der Waals surface area contributed by atoms with Crippen molar-refractivity contribution < 1.29 is 53.5 Å². The second-order valence-corrected chi connectivity index (χ2v) is 10.1. The Balaban J connectivity index is 1.96. The summed E-state index contributed by atoms with van der Waals surface area (Å²) in [5.41, 5.74) is -6.47. The Morgan fingerprint density at radius 3 is 1.95 bits per heavy atom. The van der Waals surface area contributed by atoms with Gasteiger partial charge in [-0.1, -0.05) is 40.9 Å². The van der Waals surface area contributed by atoms with Crippen LogP contribution in [0.3, 0.4) is 0 Å². The number of benzene rings is 2. The van der Waals surface area contributed by atoms with Gasteiger partial charge in [-0.25, -0.2) is 4.39 Å². The second-order valence-electron chi connectivity index (χ2n) is 8.92. The molecule has 1 fully saturated rings. The van der Waals surface area contributed by atoms with Crippen molar-refractivity contribution in [2.45, 2.75) is 42.8 Å². The highest BCUT2D eigenvalue weighted by Gasteiger charge is 2.52. The van der Waals surface area contributed by atoms with E-state index in [2.05, 4.69) is 0 Å². The van der Waals surface area contributed by atoms with E-state index in [-0.39, 0.29) is 30.0 Å². The molecule has 2 aromatic rings. The van der Waals surface area contributed by atoms with Gasteiger partial charge in [-0.3, -0.25) is 9.59 Å². The van der Waals surface area contributed by atoms with E-state index in [9.17, 15) is 49.1 Å². The van der Waals surface area contributed by atoms with Crippen molar-refractivity contribution >= 4 is 52.4 Å². The zero-order valence-corrected chi connectivity index (χ0v) is 22.2. The van der Waals surface area contributed by atoms with E-state index in [0.29, 0.717) is 12.1 Å². The molecule has 0 aromatic heterocycles. The average molecular weight is 660 g/mol. The summed E-state index contributed by atoms with van der Waals surface area (Å²) in [6, 6.07) is 2.65. The van der Waals surface area contributed by atoms with Crippen LogP contribution in [0.4, 0.5) is 43.9 Å². The fourth-order valence-electron chi connectivity index (χ4n) is 3.67. The molecule has 1 atom stereocenters. The molecule has 41 heavy (non-hydrogen) atoms. The number of amides is 2. The first-order valence-corrected chi connectivity index (χ1v) is 12.3. The van der Waals surface area contributed by atoms with Crippen LogP contribution < -0.4 is 10.6 Å². The normalized spacial score (nSPS) is 16.3. The number of allylic oxidation sites excluding steroid dienone is 1. The van der Waals surface area contributed by atoms with Crippen LogP contribution >= 0.6 is 34.8 Å². The lowest BCUT2D eigenvalue weighted by Crippen LogP contribution is -2.51. The highest BCUT2D eigenvalue weighted by Crippen LogP contribution is 2.43. The summed E-state index contributed by atoms with van der Waals surface area (Å²) in [7, 11) is 0. The summed E-state index contributed by atoms with van der Waals surface area (Å²) in [5.74, 6) is -7.27. The molecule has 17 heteroatoms. The molecule has 0 saturated heterocycles. The van der Waals surface area contributed by atoms with Crippen LogP contribution in [0.2, 0.25) is 15.1 Å². The maximum atomic E-state index is 15.0. The van der Waals surface area contributed by atoms with Gasteiger partial charge in [0.2, 0.25) is 5.91 Å². The Morgan fingerprint density at radius 2 is 1.49 bits per heavy atom. The Morgan fingerprint density at radius 1 is 0.927 bits per heavy atom. The average Bonchev–Trinajstić information content (AvgIpc) is 3.62. The van der Waals surface area contributed by atoms with Gasteiger partial charge in [0.05, 0.1) is 26.2 Å². The van der Waals surface area contributed by atoms with Gasteiger partial charge in [-0.05, 0) is 48.7 Å². The van der Waals surface area contributed by atoms with Crippen LogP contribution in [0, 0.1) is 0 Å². The molecule has 0 heterocycles. The fraction of sp³-hybridized carbons (Fsp3) is 0.333. The van der Waals surface area contributed by atoms with Crippen molar-refractivity contribution in [2.24, 2.45) is 0 Å². The van der Waals surface area contributed by atoms with E-state index in [4.69, 9.17) is 34.8 Å². The van der Waals surface area contributed by atoms with Crippen molar-refractivity contribution in [1.82, 2.24) is 10.6 Å². The van der Waals surface area contributed by atoms with E-state index < -0.39 is 86.5 Å². The SMILES string of the molecule is O=C(NC1(C(=O)NCC(F)(F)F)CC1)c1ccc(/C(F)=C/C(c2cc(Cl)c(Cl)c(Cl)c2)C(F)(F)F)cc1C(F)(F)F. The Kier molecular flexibility index (Phi) is 9.22. The Labute approximate surface area is 239 Å². The summed E-state index contributed by atoms with van der Waals surface area (Å²) in [6.45, 7) is -1.75. The van der Waals surface area contributed by atoms with Crippen LogP contribution in [0.1, 0.15) is 45.8 Å². The summed E-state index contributed by atoms with van der Waals surface area (Å²) in [6.07, 6.45) is -15.6. The largest absolute Gasteiger partial charge is 0.417 e. The third-order valence-electron chi connectivity index (χ3n) is 5.86. The van der Waals surface area contributed by atoms with Crippen LogP contribution in [0.25, 0.3) is 5.83 Å². The first-order valence-electron chi connectivity index (χ1n) is 11.1. The maximum Gasteiger partial charge on any atom is 0.417 e. The van der Waals surface area contributed by atoms with Crippen LogP contribution in [-0.2, 0) is 11.0 Å². The summed E-state index contributed by atoms with van der Waals surface area (Å²) >= 11 is 17.2. The van der Waals surface area contributed by atoms with Gasteiger partial charge in [-0.15, -0.1) is 0 Å². The number of hydrogen-bond donors (Lipinski definition) is 2. The standard InChI is InChI=1S/C24H15Cl3F10N2O2/c25-15-6-11(7-16(26)18(15)27)13(23(32,33)34)8-17(28)10-1-2-12(14(5-10)24(35,36)37)19(40)39-21(3-4-21)20(41)38-9-22(29,30)31/h1-2,5-8,13H,3-4,9H2,(H,38,41)(H,39,40)/b17-8-. The minimum absolute atomic E-state index is 0.0185. The number of halogens is 13. The summed E-state index contributed by atoms with van der Waals surface area (Å²) in [5, 5.41) is 2.42. The maximum absolute atomic E-state index is 15.0. The monoisotopic (exact) mass is 658 g/mol. The van der Waals surface area contributed by atoms with Gasteiger partial charge in [-0.2, -0.15) is 39.5 Å². The highest BCUT2D eigenvalue weighted by molar-refractivity contribution is 6.48. The topological polar surface area (TPSA) is 58.2 Å². The van der Waals surface area contributed by atoms with E-state index >= 15 is 4.39 Å². The molecule has 1 unspecified atom stereocenters. The Bertz CT molecular complexity index is 1360. The summed E-state index contributed by atoms with van der Waals surface area (Å²) < 4.78 is 135. The molecule has 2 aromatic carbocycles. The molecule has 2 N–H and O–H groups in total. The van der Waals surface area contributed by atoms with Crippen LogP contribution in [-0.4, -0.2) is 36.3 Å². The van der Waals surface area contributed by atoms with E-state index in [0.717, 1.165) is 12.1 Å². The van der Waals surface area contributed by atoms with E-state index in [1.807, 2.05) is 5.32 Å². The van der Waals surface area contributed by atoms with Gasteiger partial charge in [0, 0.05) is 5.56 Å². The van der Waals surface area contributed by atoms with Crippen molar-refractivity contribution in [1.29, 1.82) is 0 Å². The number of hydrogen-bond acceptors (Lipinski definition) is 2.